The molecule has 88 valence electrons. The first-order valence-corrected chi connectivity index (χ1v) is 6.36. The van der Waals surface area contributed by atoms with E-state index < -0.39 is 0 Å². The van der Waals surface area contributed by atoms with Crippen LogP contribution in [0, 0.1) is 16.7 Å². The SMILES string of the molecule is NCCC1CCCC(CCN=O)CCC1. The van der Waals surface area contributed by atoms with Crippen LogP contribution >= 0.6 is 0 Å². The van der Waals surface area contributed by atoms with Gasteiger partial charge in [-0.3, -0.25) is 0 Å². The average Bonchev–Trinajstić information content (AvgIpc) is 2.20. The molecule has 15 heavy (non-hydrogen) atoms. The van der Waals surface area contributed by atoms with Crippen LogP contribution in [-0.4, -0.2) is 13.1 Å². The molecule has 1 aliphatic rings. The molecular formula is C12H24N2O. The standard InChI is InChI=1S/C12H24N2O/c13-9-7-11-3-1-5-12(6-2-4-11)8-10-14-15/h11-12H,1-10,13H2. The summed E-state index contributed by atoms with van der Waals surface area (Å²) in [5, 5.41) is 2.96. The van der Waals surface area contributed by atoms with Crippen LogP contribution < -0.4 is 5.73 Å². The zero-order valence-electron chi connectivity index (χ0n) is 9.66. The van der Waals surface area contributed by atoms with Gasteiger partial charge in [0.15, 0.2) is 0 Å². The monoisotopic (exact) mass is 212 g/mol. The molecule has 0 saturated heterocycles. The molecule has 0 spiro atoms. The van der Waals surface area contributed by atoms with E-state index in [1.165, 1.54) is 44.9 Å². The molecule has 3 nitrogen and oxygen atoms in total. The summed E-state index contributed by atoms with van der Waals surface area (Å²) in [5.74, 6) is 1.61. The van der Waals surface area contributed by atoms with Crippen molar-refractivity contribution in [2.45, 2.75) is 51.4 Å². The van der Waals surface area contributed by atoms with Crippen molar-refractivity contribution in [1.29, 1.82) is 0 Å². The first kappa shape index (κ1) is 12.6. The van der Waals surface area contributed by atoms with Gasteiger partial charge in [-0.25, -0.2) is 0 Å². The molecule has 0 aromatic rings. The van der Waals surface area contributed by atoms with Crippen LogP contribution in [0.15, 0.2) is 5.18 Å². The lowest BCUT2D eigenvalue weighted by Gasteiger charge is -2.23. The Balaban J connectivity index is 2.20. The van der Waals surface area contributed by atoms with Gasteiger partial charge in [0, 0.05) is 0 Å². The molecule has 3 heteroatoms. The molecule has 1 rings (SSSR count). The summed E-state index contributed by atoms with van der Waals surface area (Å²) in [5.41, 5.74) is 5.60. The molecule has 0 heterocycles. The number of hydrogen-bond donors (Lipinski definition) is 1. The minimum Gasteiger partial charge on any atom is -0.330 e. The van der Waals surface area contributed by atoms with Crippen LogP contribution in [0.5, 0.6) is 0 Å². The van der Waals surface area contributed by atoms with Gasteiger partial charge in [-0.15, -0.1) is 0 Å². The molecule has 0 aromatic carbocycles. The number of nitrogens with two attached hydrogens (primary N) is 1. The van der Waals surface area contributed by atoms with Gasteiger partial charge in [-0.2, -0.15) is 4.91 Å². The normalized spacial score (nSPS) is 28.1. The van der Waals surface area contributed by atoms with E-state index in [2.05, 4.69) is 5.18 Å². The van der Waals surface area contributed by atoms with E-state index in [4.69, 9.17) is 5.73 Å². The maximum atomic E-state index is 10.1. The third-order valence-electron chi connectivity index (χ3n) is 3.65. The Labute approximate surface area is 92.8 Å². The zero-order chi connectivity index (χ0) is 10.9. The van der Waals surface area contributed by atoms with Crippen LogP contribution in [0.25, 0.3) is 0 Å². The van der Waals surface area contributed by atoms with Crippen molar-refractivity contribution < 1.29 is 0 Å². The van der Waals surface area contributed by atoms with Crippen molar-refractivity contribution in [1.82, 2.24) is 0 Å². The molecular weight excluding hydrogens is 188 g/mol. The number of rotatable bonds is 5. The van der Waals surface area contributed by atoms with Crippen molar-refractivity contribution in [3.63, 3.8) is 0 Å². The lowest BCUT2D eigenvalue weighted by molar-refractivity contribution is 0.300. The zero-order valence-corrected chi connectivity index (χ0v) is 9.66. The summed E-state index contributed by atoms with van der Waals surface area (Å²) in [4.78, 5) is 10.1. The van der Waals surface area contributed by atoms with E-state index in [9.17, 15) is 4.91 Å². The minimum atomic E-state index is 0.511. The Morgan fingerprint density at radius 3 is 2.00 bits per heavy atom. The van der Waals surface area contributed by atoms with Crippen LogP contribution in [-0.2, 0) is 0 Å². The summed E-state index contributed by atoms with van der Waals surface area (Å²) >= 11 is 0. The molecule has 0 atom stereocenters. The molecule has 0 amide bonds. The second-order valence-corrected chi connectivity index (χ2v) is 4.81. The maximum absolute atomic E-state index is 10.1. The Kier molecular flexibility index (Phi) is 6.57. The van der Waals surface area contributed by atoms with Gasteiger partial charge >= 0.3 is 0 Å². The predicted molar refractivity (Wildman–Crippen MR) is 63.6 cm³/mol. The molecule has 1 aliphatic carbocycles. The molecule has 2 N–H and O–H groups in total. The van der Waals surface area contributed by atoms with E-state index in [0.29, 0.717) is 6.54 Å². The van der Waals surface area contributed by atoms with Crippen LogP contribution in [0.1, 0.15) is 51.4 Å². The quantitative estimate of drug-likeness (QED) is 0.712. The topological polar surface area (TPSA) is 55.4 Å². The molecule has 0 aromatic heterocycles. The summed E-state index contributed by atoms with van der Waals surface area (Å²) in [7, 11) is 0. The Bertz CT molecular complexity index is 163. The summed E-state index contributed by atoms with van der Waals surface area (Å²) in [6.45, 7) is 1.35. The molecule has 1 fully saturated rings. The van der Waals surface area contributed by atoms with Crippen molar-refractivity contribution >= 4 is 0 Å². The van der Waals surface area contributed by atoms with Gasteiger partial charge in [0.1, 0.15) is 0 Å². The third-order valence-corrected chi connectivity index (χ3v) is 3.65. The van der Waals surface area contributed by atoms with E-state index in [-0.39, 0.29) is 0 Å². The van der Waals surface area contributed by atoms with Crippen LogP contribution in [0.2, 0.25) is 0 Å². The average molecular weight is 212 g/mol. The number of nitrogens with zero attached hydrogens (tertiary/aromatic N) is 1. The summed E-state index contributed by atoms with van der Waals surface area (Å²) in [6.07, 6.45) is 10.1. The molecule has 0 unspecified atom stereocenters. The maximum Gasteiger partial charge on any atom is 0.0813 e. The minimum absolute atomic E-state index is 0.511. The molecule has 1 saturated carbocycles. The van der Waals surface area contributed by atoms with Crippen molar-refractivity contribution in [3.8, 4) is 0 Å². The van der Waals surface area contributed by atoms with Crippen molar-refractivity contribution in [2.75, 3.05) is 13.1 Å². The highest BCUT2D eigenvalue weighted by Gasteiger charge is 2.16. The highest BCUT2D eigenvalue weighted by molar-refractivity contribution is 4.69. The van der Waals surface area contributed by atoms with Gasteiger partial charge in [0.25, 0.3) is 0 Å². The lowest BCUT2D eigenvalue weighted by Crippen LogP contribution is -2.13. The van der Waals surface area contributed by atoms with Crippen molar-refractivity contribution in [2.24, 2.45) is 22.7 Å². The van der Waals surface area contributed by atoms with E-state index in [1.807, 2.05) is 0 Å². The second kappa shape index (κ2) is 7.80. The largest absolute Gasteiger partial charge is 0.330 e. The van der Waals surface area contributed by atoms with Gasteiger partial charge in [0.2, 0.25) is 0 Å². The van der Waals surface area contributed by atoms with Crippen LogP contribution in [0.3, 0.4) is 0 Å². The van der Waals surface area contributed by atoms with Gasteiger partial charge in [0.05, 0.1) is 6.54 Å². The van der Waals surface area contributed by atoms with Gasteiger partial charge in [-0.05, 0) is 31.2 Å². The third kappa shape index (κ3) is 5.26. The van der Waals surface area contributed by atoms with E-state index in [1.54, 1.807) is 0 Å². The van der Waals surface area contributed by atoms with Gasteiger partial charge in [-0.1, -0.05) is 43.7 Å². The molecule has 0 bridgehead atoms. The summed E-state index contributed by atoms with van der Waals surface area (Å²) in [6, 6.07) is 0. The second-order valence-electron chi connectivity index (χ2n) is 4.81. The predicted octanol–water partition coefficient (Wildman–Crippen LogP) is 3.08. The summed E-state index contributed by atoms with van der Waals surface area (Å²) < 4.78 is 0. The van der Waals surface area contributed by atoms with Crippen LogP contribution in [0.4, 0.5) is 0 Å². The lowest BCUT2D eigenvalue weighted by atomic mass is 9.83. The smallest absolute Gasteiger partial charge is 0.0813 e. The van der Waals surface area contributed by atoms with Gasteiger partial charge < -0.3 is 5.73 Å². The highest BCUT2D eigenvalue weighted by Crippen LogP contribution is 2.29. The Hall–Kier alpha value is -0.440. The first-order valence-electron chi connectivity index (χ1n) is 6.36. The number of hydrogen-bond acceptors (Lipinski definition) is 3. The highest BCUT2D eigenvalue weighted by atomic mass is 16.3. The van der Waals surface area contributed by atoms with Crippen molar-refractivity contribution in [3.05, 3.63) is 4.91 Å². The first-order chi connectivity index (χ1) is 7.36. The Morgan fingerprint density at radius 1 is 1.00 bits per heavy atom. The van der Waals surface area contributed by atoms with E-state index in [0.717, 1.165) is 24.8 Å². The number of nitroso groups, excluding NO2 is 1. The fraction of sp³-hybridized carbons (Fsp3) is 1.00. The molecule has 0 aliphatic heterocycles. The Morgan fingerprint density at radius 2 is 1.53 bits per heavy atom. The fourth-order valence-corrected chi connectivity index (χ4v) is 2.73. The molecule has 0 radical (unpaired) electrons. The van der Waals surface area contributed by atoms with E-state index >= 15 is 0 Å². The fourth-order valence-electron chi connectivity index (χ4n) is 2.73.